The number of hydrogen-bond donors (Lipinski definition) is 2. The van der Waals surface area contributed by atoms with E-state index in [-0.39, 0.29) is 11.3 Å². The molecule has 40 heavy (non-hydrogen) atoms. The highest BCUT2D eigenvalue weighted by Gasteiger charge is 2.53. The van der Waals surface area contributed by atoms with E-state index >= 15 is 0 Å². The van der Waals surface area contributed by atoms with E-state index in [1.165, 1.54) is 30.3 Å². The summed E-state index contributed by atoms with van der Waals surface area (Å²) >= 11 is 0. The molecule has 214 valence electrons. The van der Waals surface area contributed by atoms with E-state index in [9.17, 15) is 33.6 Å². The largest absolute Gasteiger partial charge is 0.463 e. The summed E-state index contributed by atoms with van der Waals surface area (Å²) in [4.78, 5) is 82.3. The minimum absolute atomic E-state index is 0.149. The third-order valence-corrected chi connectivity index (χ3v) is 5.33. The second-order valence-corrected chi connectivity index (χ2v) is 8.55. The van der Waals surface area contributed by atoms with Gasteiger partial charge in [0.1, 0.15) is 24.0 Å². The quantitative estimate of drug-likeness (QED) is 0.184. The van der Waals surface area contributed by atoms with Gasteiger partial charge in [-0.1, -0.05) is 12.1 Å². The van der Waals surface area contributed by atoms with Gasteiger partial charge in [-0.3, -0.25) is 39.4 Å². The molecule has 0 aliphatic carbocycles. The van der Waals surface area contributed by atoms with Crippen LogP contribution in [0.3, 0.4) is 0 Å². The first kappa shape index (κ1) is 29.8. The number of carbonyl (C=O) groups is 7. The van der Waals surface area contributed by atoms with Gasteiger partial charge in [0.2, 0.25) is 12.4 Å². The van der Waals surface area contributed by atoms with Gasteiger partial charge in [-0.2, -0.15) is 0 Å². The number of urea groups is 1. The molecule has 2 saturated heterocycles. The Labute approximate surface area is 227 Å². The molecule has 2 heterocycles. The van der Waals surface area contributed by atoms with Crippen molar-refractivity contribution < 1.29 is 62.0 Å². The Balaban J connectivity index is 1.90. The first-order valence-corrected chi connectivity index (χ1v) is 11.8. The molecule has 2 aliphatic rings. The topological polar surface area (TPSA) is 199 Å². The molecule has 3 rings (SSSR count). The number of nitrogens with one attached hydrogen (secondary N) is 2. The smallest absolute Gasteiger partial charge is 0.328 e. The number of imide groups is 2. The summed E-state index contributed by atoms with van der Waals surface area (Å²) in [6, 6.07) is 4.89. The van der Waals surface area contributed by atoms with E-state index < -0.39 is 79.0 Å². The number of benzene rings is 1. The maximum Gasteiger partial charge on any atom is 0.328 e. The second-order valence-electron chi connectivity index (χ2n) is 8.55. The Morgan fingerprint density at radius 2 is 1.30 bits per heavy atom. The summed E-state index contributed by atoms with van der Waals surface area (Å²) in [7, 11) is 0. The first-order valence-electron chi connectivity index (χ1n) is 11.8. The molecule has 5 atom stereocenters. The van der Waals surface area contributed by atoms with Crippen LogP contribution in [0.15, 0.2) is 29.8 Å². The number of hydrogen-bond acceptors (Lipinski definition) is 13. The number of ether oxygens (including phenoxy) is 6. The second kappa shape index (κ2) is 12.8. The van der Waals surface area contributed by atoms with Gasteiger partial charge in [0.25, 0.3) is 11.8 Å². The number of carbonyl (C=O) groups excluding carboxylic acids is 7. The molecule has 5 unspecified atom stereocenters. The number of esters is 4. The van der Waals surface area contributed by atoms with Crippen LogP contribution in [0.1, 0.15) is 33.3 Å². The van der Waals surface area contributed by atoms with Gasteiger partial charge in [0, 0.05) is 27.7 Å². The summed E-state index contributed by atoms with van der Waals surface area (Å²) < 4.78 is 32.8. The van der Waals surface area contributed by atoms with Gasteiger partial charge in [0.15, 0.2) is 12.2 Å². The Bertz CT molecular complexity index is 1220. The average molecular weight is 562 g/mol. The summed E-state index contributed by atoms with van der Waals surface area (Å²) in [5.41, 5.74) is 0.0939. The summed E-state index contributed by atoms with van der Waals surface area (Å²) in [5, 5.41) is 3.92. The first-order chi connectivity index (χ1) is 18.8. The molecule has 2 N–H and O–H groups in total. The molecule has 15 heteroatoms. The third kappa shape index (κ3) is 7.86. The highest BCUT2D eigenvalue weighted by molar-refractivity contribution is 6.31. The van der Waals surface area contributed by atoms with Gasteiger partial charge >= 0.3 is 29.9 Å². The molecule has 2 aliphatic heterocycles. The Hall–Kier alpha value is -4.79. The van der Waals surface area contributed by atoms with E-state index in [1.807, 2.05) is 10.6 Å². The van der Waals surface area contributed by atoms with Gasteiger partial charge in [-0.15, -0.1) is 0 Å². The minimum Gasteiger partial charge on any atom is -0.463 e. The fourth-order valence-corrected chi connectivity index (χ4v) is 3.83. The number of amides is 4. The lowest BCUT2D eigenvalue weighted by atomic mass is 9.98. The van der Waals surface area contributed by atoms with Gasteiger partial charge < -0.3 is 28.4 Å². The van der Waals surface area contributed by atoms with E-state index in [1.54, 1.807) is 0 Å². The van der Waals surface area contributed by atoms with E-state index in [2.05, 4.69) is 0 Å². The van der Waals surface area contributed by atoms with Crippen LogP contribution in [-0.2, 0) is 52.5 Å². The lowest BCUT2D eigenvalue weighted by molar-refractivity contribution is -0.288. The van der Waals surface area contributed by atoms with Crippen molar-refractivity contribution in [2.45, 2.75) is 58.4 Å². The van der Waals surface area contributed by atoms with Crippen LogP contribution in [0.25, 0.3) is 6.08 Å². The van der Waals surface area contributed by atoms with Crippen molar-refractivity contribution in [2.75, 3.05) is 6.61 Å². The van der Waals surface area contributed by atoms with Crippen LogP contribution in [0.2, 0.25) is 0 Å². The zero-order chi connectivity index (χ0) is 29.6. The van der Waals surface area contributed by atoms with Crippen LogP contribution in [0.5, 0.6) is 5.75 Å². The maximum atomic E-state index is 12.0. The SMILES string of the molecule is CC(=O)OCC1OC(Oc2ccc(C=C3C(=O)NC(=O)NC3=O)cc2)C(OC(C)=O)C(OC(C)=O)C1OC(C)=O. The monoisotopic (exact) mass is 562 g/mol. The van der Waals surface area contributed by atoms with Crippen molar-refractivity contribution in [2.24, 2.45) is 0 Å². The maximum absolute atomic E-state index is 12.0. The Morgan fingerprint density at radius 1 is 0.775 bits per heavy atom. The molecule has 1 aromatic carbocycles. The van der Waals surface area contributed by atoms with Gasteiger partial charge in [-0.05, 0) is 23.8 Å². The van der Waals surface area contributed by atoms with Gasteiger partial charge in [-0.25, -0.2) is 4.79 Å². The predicted octanol–water partition coefficient (Wildman–Crippen LogP) is -0.102. The highest BCUT2D eigenvalue weighted by Crippen LogP contribution is 2.31. The fraction of sp³-hybridized carbons (Fsp3) is 0.400. The molecule has 15 nitrogen and oxygen atoms in total. The number of barbiturate groups is 1. The Kier molecular flexibility index (Phi) is 9.55. The lowest BCUT2D eigenvalue weighted by Crippen LogP contribution is -2.63. The van der Waals surface area contributed by atoms with Crippen molar-refractivity contribution in [3.63, 3.8) is 0 Å². The number of rotatable bonds is 8. The van der Waals surface area contributed by atoms with E-state index in [4.69, 9.17) is 28.4 Å². The fourth-order valence-electron chi connectivity index (χ4n) is 3.83. The molecule has 0 saturated carbocycles. The van der Waals surface area contributed by atoms with Crippen molar-refractivity contribution in [3.8, 4) is 5.75 Å². The third-order valence-electron chi connectivity index (χ3n) is 5.33. The standard InChI is InChI=1S/C25H26N2O13/c1-11(28)35-10-18-19(36-12(2)29)20(37-13(3)30)21(38-14(4)31)24(40-18)39-16-7-5-15(6-8-16)9-17-22(32)26-25(34)27-23(17)33/h5-9,18-21,24H,10H2,1-4H3,(H2,26,27,32,33,34). The Morgan fingerprint density at radius 3 is 1.82 bits per heavy atom. The normalized spacial score (nSPS) is 24.1. The van der Waals surface area contributed by atoms with Crippen LogP contribution >= 0.6 is 0 Å². The van der Waals surface area contributed by atoms with E-state index in [0.29, 0.717) is 5.56 Å². The molecule has 2 fully saturated rings. The molecular formula is C25H26N2O13. The average Bonchev–Trinajstić information content (AvgIpc) is 2.84. The molecular weight excluding hydrogens is 536 g/mol. The van der Waals surface area contributed by atoms with E-state index in [0.717, 1.165) is 27.7 Å². The minimum atomic E-state index is -1.44. The molecule has 0 aromatic heterocycles. The molecule has 0 radical (unpaired) electrons. The van der Waals surface area contributed by atoms with Crippen LogP contribution in [0, 0.1) is 0 Å². The molecule has 4 amide bonds. The van der Waals surface area contributed by atoms with Crippen LogP contribution < -0.4 is 15.4 Å². The molecule has 1 aromatic rings. The van der Waals surface area contributed by atoms with Crippen molar-refractivity contribution >= 4 is 47.8 Å². The van der Waals surface area contributed by atoms with Gasteiger partial charge in [0.05, 0.1) is 0 Å². The van der Waals surface area contributed by atoms with Crippen LogP contribution in [0.4, 0.5) is 4.79 Å². The van der Waals surface area contributed by atoms with Crippen molar-refractivity contribution in [3.05, 3.63) is 35.4 Å². The van der Waals surface area contributed by atoms with Crippen molar-refractivity contribution in [1.29, 1.82) is 0 Å². The van der Waals surface area contributed by atoms with Crippen LogP contribution in [-0.4, -0.2) is 79.0 Å². The summed E-state index contributed by atoms with van der Waals surface area (Å²) in [5.74, 6) is -4.60. The van der Waals surface area contributed by atoms with Crippen molar-refractivity contribution in [1.82, 2.24) is 10.6 Å². The highest BCUT2D eigenvalue weighted by atomic mass is 16.7. The summed E-state index contributed by atoms with van der Waals surface area (Å²) in [6.07, 6.45) is -5.55. The zero-order valence-corrected chi connectivity index (χ0v) is 21.8. The predicted molar refractivity (Wildman–Crippen MR) is 129 cm³/mol. The lowest BCUT2D eigenvalue weighted by Gasteiger charge is -2.43. The molecule has 0 spiro atoms. The summed E-state index contributed by atoms with van der Waals surface area (Å²) in [6.45, 7) is 4.03. The zero-order valence-electron chi connectivity index (χ0n) is 21.8. The molecule has 0 bridgehead atoms.